The highest BCUT2D eigenvalue weighted by atomic mass is 16.8. The Morgan fingerprint density at radius 1 is 1.10 bits per heavy atom. The van der Waals surface area contributed by atoms with Crippen molar-refractivity contribution in [2.24, 2.45) is 0 Å². The smallest absolute Gasteiger partial charge is 0.440 e. The van der Waals surface area contributed by atoms with Gasteiger partial charge in [0.05, 0.1) is 11.8 Å². The van der Waals surface area contributed by atoms with Gasteiger partial charge in [0.15, 0.2) is 5.82 Å². The highest BCUT2D eigenvalue weighted by Gasteiger charge is 2.22. The van der Waals surface area contributed by atoms with Crippen molar-refractivity contribution in [3.05, 3.63) is 60.3 Å². The summed E-state index contributed by atoms with van der Waals surface area (Å²) in [7, 11) is 0. The Hall–Kier alpha value is -3.35. The van der Waals surface area contributed by atoms with Gasteiger partial charge in [-0.3, -0.25) is 0 Å². The highest BCUT2D eigenvalue weighted by molar-refractivity contribution is 5.66. The molecule has 3 rings (SSSR count). The normalized spacial score (nSPS) is 10.8. The molecule has 0 fully saturated rings. The van der Waals surface area contributed by atoms with Crippen LogP contribution in [-0.2, 0) is 15.9 Å². The van der Waals surface area contributed by atoms with E-state index in [9.17, 15) is 4.79 Å². The second-order valence-electron chi connectivity index (χ2n) is 6.67. The molecule has 2 heterocycles. The summed E-state index contributed by atoms with van der Waals surface area (Å²) < 4.78 is 17.5. The fraction of sp³-hybridized carbons (Fsp3) is 0.318. The Balaban J connectivity index is 1.97. The van der Waals surface area contributed by atoms with Crippen LogP contribution in [0.4, 0.5) is 4.79 Å². The zero-order chi connectivity index (χ0) is 20.6. The lowest BCUT2D eigenvalue weighted by atomic mass is 10.0. The van der Waals surface area contributed by atoms with Crippen LogP contribution in [0.1, 0.15) is 32.8 Å². The molecule has 2 aromatic heterocycles. The summed E-state index contributed by atoms with van der Waals surface area (Å²) in [6.45, 7) is 5.32. The molecular weight excluding hydrogens is 370 g/mol. The van der Waals surface area contributed by atoms with E-state index >= 15 is 0 Å². The minimum atomic E-state index is -0.774. The van der Waals surface area contributed by atoms with Crippen LogP contribution in [0.25, 0.3) is 17.1 Å². The van der Waals surface area contributed by atoms with Crippen LogP contribution in [-0.4, -0.2) is 33.8 Å². The molecule has 152 valence electrons. The molecule has 0 saturated carbocycles. The zero-order valence-corrected chi connectivity index (χ0v) is 16.9. The van der Waals surface area contributed by atoms with E-state index < -0.39 is 6.16 Å². The first kappa shape index (κ1) is 20.4. The summed E-state index contributed by atoms with van der Waals surface area (Å²) in [5, 5.41) is 4.77. The van der Waals surface area contributed by atoms with E-state index in [0.29, 0.717) is 11.7 Å². The van der Waals surface area contributed by atoms with Crippen LogP contribution in [0.15, 0.2) is 54.7 Å². The number of carbonyl (C=O) groups is 1. The van der Waals surface area contributed by atoms with Gasteiger partial charge in [-0.05, 0) is 32.4 Å². The van der Waals surface area contributed by atoms with Gasteiger partial charge < -0.3 is 14.2 Å². The molecule has 0 amide bonds. The zero-order valence-electron chi connectivity index (χ0n) is 16.9. The molecular formula is C22H25N3O4. The second kappa shape index (κ2) is 9.73. The summed E-state index contributed by atoms with van der Waals surface area (Å²) >= 11 is 0. The SMILES string of the molecule is CCCc1c(-c2ccccc2)nn(-c2ccccn2)c1OCOC(=O)OC(C)C. The standard InChI is InChI=1S/C22H25N3O4/c1-4-10-18-20(17-11-6-5-7-12-17)24-25(19-13-8-9-14-23-19)21(18)27-15-28-22(26)29-16(2)3/h5-9,11-14,16H,4,10,15H2,1-3H3. The van der Waals surface area contributed by atoms with Crippen molar-refractivity contribution in [2.75, 3.05) is 6.79 Å². The summed E-state index contributed by atoms with van der Waals surface area (Å²) in [6.07, 6.45) is 2.31. The third-order valence-electron chi connectivity index (χ3n) is 4.05. The van der Waals surface area contributed by atoms with Crippen LogP contribution in [0.2, 0.25) is 0 Å². The van der Waals surface area contributed by atoms with Crippen molar-refractivity contribution >= 4 is 6.16 Å². The lowest BCUT2D eigenvalue weighted by Gasteiger charge is -2.12. The van der Waals surface area contributed by atoms with Gasteiger partial charge in [-0.25, -0.2) is 9.78 Å². The van der Waals surface area contributed by atoms with E-state index in [1.165, 1.54) is 0 Å². The van der Waals surface area contributed by atoms with Crippen LogP contribution >= 0.6 is 0 Å². The Kier molecular flexibility index (Phi) is 6.84. The maximum atomic E-state index is 11.7. The van der Waals surface area contributed by atoms with E-state index in [0.717, 1.165) is 29.7 Å². The summed E-state index contributed by atoms with van der Waals surface area (Å²) in [4.78, 5) is 16.1. The monoisotopic (exact) mass is 395 g/mol. The number of nitrogens with zero attached hydrogens (tertiary/aromatic N) is 3. The number of rotatable bonds is 8. The number of carbonyl (C=O) groups excluding carboxylic acids is 1. The topological polar surface area (TPSA) is 75.5 Å². The van der Waals surface area contributed by atoms with Crippen molar-refractivity contribution in [3.8, 4) is 23.0 Å². The van der Waals surface area contributed by atoms with Gasteiger partial charge in [0.25, 0.3) is 0 Å². The number of hydrogen-bond acceptors (Lipinski definition) is 6. The predicted molar refractivity (Wildman–Crippen MR) is 109 cm³/mol. The minimum absolute atomic E-state index is 0.262. The first-order chi connectivity index (χ1) is 14.1. The molecule has 1 aromatic carbocycles. The lowest BCUT2D eigenvalue weighted by Crippen LogP contribution is -2.17. The fourth-order valence-electron chi connectivity index (χ4n) is 2.88. The molecule has 0 atom stereocenters. The fourth-order valence-corrected chi connectivity index (χ4v) is 2.88. The molecule has 0 aliphatic carbocycles. The van der Waals surface area contributed by atoms with Crippen LogP contribution in [0, 0.1) is 0 Å². The first-order valence-corrected chi connectivity index (χ1v) is 9.65. The van der Waals surface area contributed by atoms with Crippen LogP contribution < -0.4 is 4.74 Å². The number of hydrogen-bond donors (Lipinski definition) is 0. The largest absolute Gasteiger partial charge is 0.511 e. The molecule has 0 aliphatic rings. The number of ether oxygens (including phenoxy) is 3. The predicted octanol–water partition coefficient (Wildman–Crippen LogP) is 4.78. The van der Waals surface area contributed by atoms with Crippen LogP contribution in [0.5, 0.6) is 5.88 Å². The third kappa shape index (κ3) is 5.13. The Morgan fingerprint density at radius 2 is 1.86 bits per heavy atom. The van der Waals surface area contributed by atoms with Crippen molar-refractivity contribution in [3.63, 3.8) is 0 Å². The second-order valence-corrected chi connectivity index (χ2v) is 6.67. The molecule has 0 bridgehead atoms. The molecule has 0 unspecified atom stereocenters. The maximum Gasteiger partial charge on any atom is 0.511 e. The first-order valence-electron chi connectivity index (χ1n) is 9.65. The Labute approximate surface area is 170 Å². The van der Waals surface area contributed by atoms with E-state index in [1.54, 1.807) is 24.7 Å². The molecule has 7 nitrogen and oxygen atoms in total. The van der Waals surface area contributed by atoms with Gasteiger partial charge in [0, 0.05) is 17.3 Å². The molecule has 7 heteroatoms. The lowest BCUT2D eigenvalue weighted by molar-refractivity contribution is -0.0105. The summed E-state index contributed by atoms with van der Waals surface area (Å²) in [5.74, 6) is 1.12. The van der Waals surface area contributed by atoms with Crippen molar-refractivity contribution in [1.29, 1.82) is 0 Å². The molecule has 0 N–H and O–H groups in total. The van der Waals surface area contributed by atoms with E-state index in [1.807, 2.05) is 48.5 Å². The van der Waals surface area contributed by atoms with Gasteiger partial charge in [-0.2, -0.15) is 9.78 Å². The quantitative estimate of drug-likeness (QED) is 0.403. The maximum absolute atomic E-state index is 11.7. The third-order valence-corrected chi connectivity index (χ3v) is 4.05. The average Bonchev–Trinajstić information content (AvgIpc) is 3.07. The van der Waals surface area contributed by atoms with Gasteiger partial charge in [-0.15, -0.1) is 0 Å². The van der Waals surface area contributed by atoms with E-state index in [4.69, 9.17) is 19.3 Å². The van der Waals surface area contributed by atoms with Crippen LogP contribution in [0.3, 0.4) is 0 Å². The highest BCUT2D eigenvalue weighted by Crippen LogP contribution is 2.33. The van der Waals surface area contributed by atoms with Crippen molar-refractivity contribution < 1.29 is 19.0 Å². The van der Waals surface area contributed by atoms with E-state index in [-0.39, 0.29) is 12.9 Å². The number of pyridine rings is 1. The number of aromatic nitrogens is 3. The Morgan fingerprint density at radius 3 is 2.52 bits per heavy atom. The van der Waals surface area contributed by atoms with Gasteiger partial charge in [-0.1, -0.05) is 49.7 Å². The molecule has 0 spiro atoms. The van der Waals surface area contributed by atoms with Gasteiger partial charge in [0.2, 0.25) is 12.7 Å². The summed E-state index contributed by atoms with van der Waals surface area (Å²) in [5.41, 5.74) is 2.73. The minimum Gasteiger partial charge on any atom is -0.440 e. The number of benzene rings is 1. The summed E-state index contributed by atoms with van der Waals surface area (Å²) in [6, 6.07) is 15.5. The van der Waals surface area contributed by atoms with Gasteiger partial charge >= 0.3 is 6.16 Å². The molecule has 0 aliphatic heterocycles. The average molecular weight is 395 g/mol. The van der Waals surface area contributed by atoms with Gasteiger partial charge in [0.1, 0.15) is 0 Å². The van der Waals surface area contributed by atoms with Crippen molar-refractivity contribution in [1.82, 2.24) is 14.8 Å². The molecule has 29 heavy (non-hydrogen) atoms. The van der Waals surface area contributed by atoms with E-state index in [2.05, 4.69) is 11.9 Å². The van der Waals surface area contributed by atoms with Crippen molar-refractivity contribution in [2.45, 2.75) is 39.7 Å². The molecule has 0 saturated heterocycles. The molecule has 0 radical (unpaired) electrons. The molecule has 3 aromatic rings. The Bertz CT molecular complexity index is 924.